The molecule has 6 heteroatoms. The lowest BCUT2D eigenvalue weighted by Crippen LogP contribution is -2.23. The fourth-order valence-corrected chi connectivity index (χ4v) is 2.52. The molecule has 21 heavy (non-hydrogen) atoms. The smallest absolute Gasteiger partial charge is 0.347 e. The van der Waals surface area contributed by atoms with Crippen LogP contribution in [0.2, 0.25) is 0 Å². The molecule has 2 heterocycles. The van der Waals surface area contributed by atoms with Crippen molar-refractivity contribution in [1.29, 1.82) is 0 Å². The predicted octanol–water partition coefficient (Wildman–Crippen LogP) is 1.43. The number of hydrogen-bond acceptors (Lipinski definition) is 5. The van der Waals surface area contributed by atoms with Gasteiger partial charge in [0.05, 0.1) is 5.56 Å². The average Bonchev–Trinajstić information content (AvgIpc) is 2.76. The zero-order valence-corrected chi connectivity index (χ0v) is 11.5. The van der Waals surface area contributed by atoms with Crippen LogP contribution in [0.15, 0.2) is 18.2 Å². The van der Waals surface area contributed by atoms with Gasteiger partial charge in [-0.2, -0.15) is 0 Å². The third-order valence-corrected chi connectivity index (χ3v) is 3.61. The second kappa shape index (κ2) is 5.20. The molecule has 1 amide bonds. The summed E-state index contributed by atoms with van der Waals surface area (Å²) in [7, 11) is 0. The van der Waals surface area contributed by atoms with Crippen molar-refractivity contribution in [3.63, 3.8) is 0 Å². The van der Waals surface area contributed by atoms with Crippen LogP contribution in [-0.4, -0.2) is 30.1 Å². The maximum absolute atomic E-state index is 12.1. The fourth-order valence-electron chi connectivity index (χ4n) is 2.52. The molecule has 2 aliphatic heterocycles. The predicted molar refractivity (Wildman–Crippen MR) is 72.8 cm³/mol. The van der Waals surface area contributed by atoms with Gasteiger partial charge in [0.25, 0.3) is 0 Å². The van der Waals surface area contributed by atoms with Gasteiger partial charge in [0, 0.05) is 18.5 Å². The Hall–Kier alpha value is -2.37. The Kier molecular flexibility index (Phi) is 3.37. The van der Waals surface area contributed by atoms with Crippen LogP contribution in [0.5, 0.6) is 0 Å². The van der Waals surface area contributed by atoms with Crippen molar-refractivity contribution in [2.45, 2.75) is 38.4 Å². The molecule has 1 aromatic carbocycles. The van der Waals surface area contributed by atoms with E-state index in [0.29, 0.717) is 24.8 Å². The molecule has 110 valence electrons. The fraction of sp³-hybridized carbons (Fsp3) is 0.400. The van der Waals surface area contributed by atoms with Crippen LogP contribution in [-0.2, 0) is 25.5 Å². The lowest BCUT2D eigenvalue weighted by atomic mass is 10.0. The van der Waals surface area contributed by atoms with Gasteiger partial charge in [-0.3, -0.25) is 4.79 Å². The highest BCUT2D eigenvalue weighted by atomic mass is 16.6. The molecule has 0 aromatic heterocycles. The molecule has 0 unspecified atom stereocenters. The van der Waals surface area contributed by atoms with Gasteiger partial charge in [-0.1, -0.05) is 0 Å². The minimum absolute atomic E-state index is 0.0273. The molecule has 1 aromatic rings. The Labute approximate surface area is 121 Å². The number of anilines is 1. The zero-order chi connectivity index (χ0) is 15.0. The number of benzene rings is 1. The quantitative estimate of drug-likeness (QED) is 0.833. The van der Waals surface area contributed by atoms with Gasteiger partial charge in [0.15, 0.2) is 0 Å². The largest absolute Gasteiger partial charge is 0.460 e. The minimum atomic E-state index is -0.830. The number of ether oxygens (including phenoxy) is 2. The Morgan fingerprint density at radius 3 is 2.86 bits per heavy atom. The van der Waals surface area contributed by atoms with Crippen molar-refractivity contribution in [1.82, 2.24) is 0 Å². The first kappa shape index (κ1) is 13.6. The Balaban J connectivity index is 1.73. The Morgan fingerprint density at radius 1 is 1.33 bits per heavy atom. The summed E-state index contributed by atoms with van der Waals surface area (Å²) in [6.07, 6.45) is 0.311. The van der Waals surface area contributed by atoms with E-state index in [1.807, 2.05) is 0 Å². The van der Waals surface area contributed by atoms with Gasteiger partial charge in [-0.15, -0.1) is 0 Å². The summed E-state index contributed by atoms with van der Waals surface area (Å²) in [6.45, 7) is 1.76. The molecular weight excluding hydrogens is 274 g/mol. The van der Waals surface area contributed by atoms with Crippen molar-refractivity contribution >= 4 is 23.5 Å². The number of esters is 2. The molecule has 2 aliphatic rings. The van der Waals surface area contributed by atoms with Crippen LogP contribution in [0.4, 0.5) is 5.69 Å². The molecule has 6 nitrogen and oxygen atoms in total. The van der Waals surface area contributed by atoms with Gasteiger partial charge < -0.3 is 14.8 Å². The van der Waals surface area contributed by atoms with E-state index >= 15 is 0 Å². The summed E-state index contributed by atoms with van der Waals surface area (Å²) in [4.78, 5) is 34.8. The third-order valence-electron chi connectivity index (χ3n) is 3.61. The standard InChI is InChI=1S/C15H15NO5/c1-8-6-12(15(19)20-8)21-14(18)10-2-4-11-9(7-10)3-5-13(17)16-11/h2,4,7-8,12H,3,5-6H2,1H3,(H,16,17)/t8-,12-/m1/s1. The van der Waals surface area contributed by atoms with Crippen molar-refractivity contribution in [2.24, 2.45) is 0 Å². The molecule has 0 aliphatic carbocycles. The molecule has 1 saturated heterocycles. The van der Waals surface area contributed by atoms with Crippen molar-refractivity contribution < 1.29 is 23.9 Å². The van der Waals surface area contributed by atoms with Gasteiger partial charge >= 0.3 is 11.9 Å². The van der Waals surface area contributed by atoms with E-state index in [1.165, 1.54) is 0 Å². The monoisotopic (exact) mass is 289 g/mol. The summed E-state index contributed by atoms with van der Waals surface area (Å²) in [5, 5.41) is 2.75. The zero-order valence-electron chi connectivity index (χ0n) is 11.5. The number of cyclic esters (lactones) is 1. The van der Waals surface area contributed by atoms with Gasteiger partial charge in [-0.05, 0) is 37.1 Å². The topological polar surface area (TPSA) is 81.7 Å². The number of carbonyl (C=O) groups is 3. The molecule has 2 atom stereocenters. The van der Waals surface area contributed by atoms with E-state index in [-0.39, 0.29) is 12.0 Å². The number of aryl methyl sites for hydroxylation is 1. The first-order chi connectivity index (χ1) is 10.0. The summed E-state index contributed by atoms with van der Waals surface area (Å²) in [5.41, 5.74) is 1.99. The Bertz CT molecular complexity index is 624. The van der Waals surface area contributed by atoms with E-state index < -0.39 is 18.0 Å². The van der Waals surface area contributed by atoms with E-state index in [0.717, 1.165) is 11.3 Å². The third kappa shape index (κ3) is 2.74. The lowest BCUT2D eigenvalue weighted by Gasteiger charge is -2.17. The van der Waals surface area contributed by atoms with Crippen LogP contribution in [0, 0.1) is 0 Å². The molecule has 0 bridgehead atoms. The summed E-state index contributed by atoms with van der Waals surface area (Å²) in [6, 6.07) is 4.95. The van der Waals surface area contributed by atoms with E-state index in [9.17, 15) is 14.4 Å². The molecule has 0 spiro atoms. The molecule has 1 N–H and O–H groups in total. The minimum Gasteiger partial charge on any atom is -0.460 e. The Morgan fingerprint density at radius 2 is 2.14 bits per heavy atom. The first-order valence-corrected chi connectivity index (χ1v) is 6.87. The van der Waals surface area contributed by atoms with Crippen molar-refractivity contribution in [2.75, 3.05) is 5.32 Å². The van der Waals surface area contributed by atoms with Crippen molar-refractivity contribution in [3.05, 3.63) is 29.3 Å². The molecule has 1 fully saturated rings. The first-order valence-electron chi connectivity index (χ1n) is 6.87. The molecular formula is C15H15NO5. The highest BCUT2D eigenvalue weighted by Crippen LogP contribution is 2.25. The van der Waals surface area contributed by atoms with E-state index in [2.05, 4.69) is 5.32 Å². The molecule has 3 rings (SSSR count). The SMILES string of the molecule is C[C@@H]1C[C@@H](OC(=O)c2ccc3c(c2)CCC(=O)N3)C(=O)O1. The number of rotatable bonds is 2. The lowest BCUT2D eigenvalue weighted by molar-refractivity contribution is -0.147. The maximum Gasteiger partial charge on any atom is 0.347 e. The van der Waals surface area contributed by atoms with Crippen LogP contribution >= 0.6 is 0 Å². The number of carbonyl (C=O) groups excluding carboxylic acids is 3. The van der Waals surface area contributed by atoms with Crippen molar-refractivity contribution in [3.8, 4) is 0 Å². The summed E-state index contributed by atoms with van der Waals surface area (Å²) in [5.74, 6) is -1.08. The van der Waals surface area contributed by atoms with Crippen LogP contribution in [0.1, 0.15) is 35.7 Å². The number of amides is 1. The maximum atomic E-state index is 12.1. The molecule has 0 saturated carbocycles. The van der Waals surface area contributed by atoms with Crippen LogP contribution < -0.4 is 5.32 Å². The van der Waals surface area contributed by atoms with Crippen LogP contribution in [0.25, 0.3) is 0 Å². The van der Waals surface area contributed by atoms with Gasteiger partial charge in [0.2, 0.25) is 12.0 Å². The van der Waals surface area contributed by atoms with Gasteiger partial charge in [-0.25, -0.2) is 9.59 Å². The molecule has 0 radical (unpaired) electrons. The van der Waals surface area contributed by atoms with E-state index in [1.54, 1.807) is 25.1 Å². The summed E-state index contributed by atoms with van der Waals surface area (Å²) < 4.78 is 10.1. The number of fused-ring (bicyclic) bond motifs is 1. The summed E-state index contributed by atoms with van der Waals surface area (Å²) >= 11 is 0. The second-order valence-corrected chi connectivity index (χ2v) is 5.30. The van der Waals surface area contributed by atoms with E-state index in [4.69, 9.17) is 9.47 Å². The highest BCUT2D eigenvalue weighted by molar-refractivity contribution is 5.96. The average molecular weight is 289 g/mol. The highest BCUT2D eigenvalue weighted by Gasteiger charge is 2.35. The second-order valence-electron chi connectivity index (χ2n) is 5.30. The number of hydrogen-bond donors (Lipinski definition) is 1. The normalized spacial score (nSPS) is 24.0. The van der Waals surface area contributed by atoms with Crippen LogP contribution in [0.3, 0.4) is 0 Å². The number of nitrogens with one attached hydrogen (secondary N) is 1. The van der Waals surface area contributed by atoms with Gasteiger partial charge in [0.1, 0.15) is 6.10 Å².